The van der Waals surface area contributed by atoms with Gasteiger partial charge in [0.1, 0.15) is 0 Å². The zero-order valence-electron chi connectivity index (χ0n) is 14.1. The SMILES string of the molecule is CC(CC(=O)N1C[C@@H](N)[C@H](c2ccccc2)C1)C(C)(C)C.Cl. The van der Waals surface area contributed by atoms with Gasteiger partial charge in [0, 0.05) is 31.5 Å². The third-order valence-corrected chi connectivity index (χ3v) is 4.90. The van der Waals surface area contributed by atoms with Gasteiger partial charge in [-0.3, -0.25) is 4.79 Å². The van der Waals surface area contributed by atoms with E-state index in [9.17, 15) is 4.79 Å². The van der Waals surface area contributed by atoms with Crippen LogP contribution in [0.15, 0.2) is 30.3 Å². The number of likely N-dealkylation sites (tertiary alicyclic amines) is 1. The van der Waals surface area contributed by atoms with Crippen molar-refractivity contribution >= 4 is 18.3 Å². The molecule has 3 nitrogen and oxygen atoms in total. The Labute approximate surface area is 140 Å². The molecule has 1 fully saturated rings. The number of carbonyl (C=O) groups excluding carboxylic acids is 1. The quantitative estimate of drug-likeness (QED) is 0.925. The van der Waals surface area contributed by atoms with Gasteiger partial charge in [0.25, 0.3) is 0 Å². The molecule has 0 radical (unpaired) electrons. The Morgan fingerprint density at radius 1 is 1.27 bits per heavy atom. The normalized spacial score (nSPS) is 23.0. The van der Waals surface area contributed by atoms with E-state index in [4.69, 9.17) is 5.73 Å². The topological polar surface area (TPSA) is 46.3 Å². The summed E-state index contributed by atoms with van der Waals surface area (Å²) in [7, 11) is 0. The second kappa shape index (κ2) is 7.47. The Balaban J connectivity index is 0.00000242. The lowest BCUT2D eigenvalue weighted by molar-refractivity contribution is -0.131. The number of hydrogen-bond donors (Lipinski definition) is 1. The van der Waals surface area contributed by atoms with Crippen LogP contribution in [-0.4, -0.2) is 29.9 Å². The van der Waals surface area contributed by atoms with Crippen LogP contribution < -0.4 is 5.73 Å². The molecule has 124 valence electrons. The predicted octanol–water partition coefficient (Wildman–Crippen LogP) is 3.43. The molecular formula is C18H29ClN2O. The Kier molecular flexibility index (Phi) is 6.45. The van der Waals surface area contributed by atoms with Gasteiger partial charge in [-0.25, -0.2) is 0 Å². The minimum atomic E-state index is 0. The second-order valence-corrected chi connectivity index (χ2v) is 7.45. The Bertz CT molecular complexity index is 484. The third-order valence-electron chi connectivity index (χ3n) is 4.90. The van der Waals surface area contributed by atoms with E-state index in [0.29, 0.717) is 18.9 Å². The molecule has 0 spiro atoms. The lowest BCUT2D eigenvalue weighted by atomic mass is 9.80. The summed E-state index contributed by atoms with van der Waals surface area (Å²) in [6, 6.07) is 10.3. The highest BCUT2D eigenvalue weighted by Gasteiger charge is 2.35. The number of nitrogens with two attached hydrogens (primary N) is 1. The van der Waals surface area contributed by atoms with Crippen LogP contribution in [0.5, 0.6) is 0 Å². The van der Waals surface area contributed by atoms with Crippen LogP contribution >= 0.6 is 12.4 Å². The third kappa shape index (κ3) is 4.47. The monoisotopic (exact) mass is 324 g/mol. The Hall–Kier alpha value is -1.06. The van der Waals surface area contributed by atoms with Crippen LogP contribution in [-0.2, 0) is 4.79 Å². The summed E-state index contributed by atoms with van der Waals surface area (Å²) in [6.45, 7) is 10.1. The lowest BCUT2D eigenvalue weighted by Crippen LogP contribution is -2.34. The summed E-state index contributed by atoms with van der Waals surface area (Å²) in [5, 5.41) is 0. The minimum Gasteiger partial charge on any atom is -0.340 e. The van der Waals surface area contributed by atoms with Crippen molar-refractivity contribution in [2.24, 2.45) is 17.1 Å². The van der Waals surface area contributed by atoms with Crippen molar-refractivity contribution in [3.05, 3.63) is 35.9 Å². The number of rotatable bonds is 3. The first-order valence-corrected chi connectivity index (χ1v) is 7.87. The smallest absolute Gasteiger partial charge is 0.222 e. The number of amides is 1. The van der Waals surface area contributed by atoms with E-state index >= 15 is 0 Å². The highest BCUT2D eigenvalue weighted by Crippen LogP contribution is 2.31. The van der Waals surface area contributed by atoms with Gasteiger partial charge >= 0.3 is 0 Å². The fraction of sp³-hybridized carbons (Fsp3) is 0.611. The van der Waals surface area contributed by atoms with Gasteiger partial charge in [-0.15, -0.1) is 12.4 Å². The molecule has 1 aliphatic heterocycles. The molecule has 1 heterocycles. The van der Waals surface area contributed by atoms with Gasteiger partial charge in [-0.1, -0.05) is 58.0 Å². The molecule has 1 unspecified atom stereocenters. The van der Waals surface area contributed by atoms with Crippen molar-refractivity contribution in [2.45, 2.75) is 46.1 Å². The highest BCUT2D eigenvalue weighted by molar-refractivity contribution is 5.85. The maximum Gasteiger partial charge on any atom is 0.222 e. The molecule has 4 heteroatoms. The molecule has 1 aromatic carbocycles. The van der Waals surface area contributed by atoms with Crippen molar-refractivity contribution in [1.82, 2.24) is 4.90 Å². The average molecular weight is 325 g/mol. The van der Waals surface area contributed by atoms with E-state index in [1.165, 1.54) is 5.56 Å². The summed E-state index contributed by atoms with van der Waals surface area (Å²) in [4.78, 5) is 14.4. The summed E-state index contributed by atoms with van der Waals surface area (Å²) in [6.07, 6.45) is 0.609. The molecule has 1 saturated heterocycles. The largest absolute Gasteiger partial charge is 0.340 e. The van der Waals surface area contributed by atoms with Gasteiger partial charge in [-0.05, 0) is 16.9 Å². The first kappa shape index (κ1) is 19.0. The van der Waals surface area contributed by atoms with Crippen LogP contribution in [0.2, 0.25) is 0 Å². The van der Waals surface area contributed by atoms with E-state index in [1.54, 1.807) is 0 Å². The van der Waals surface area contributed by atoms with Crippen LogP contribution in [0.4, 0.5) is 0 Å². The molecule has 1 aromatic rings. The van der Waals surface area contributed by atoms with Crippen LogP contribution in [0.3, 0.4) is 0 Å². The van der Waals surface area contributed by atoms with Crippen LogP contribution in [0.25, 0.3) is 0 Å². The predicted molar refractivity (Wildman–Crippen MR) is 94.2 cm³/mol. The van der Waals surface area contributed by atoms with E-state index in [-0.39, 0.29) is 35.7 Å². The van der Waals surface area contributed by atoms with E-state index < -0.39 is 0 Å². The average Bonchev–Trinajstić information content (AvgIpc) is 2.81. The molecule has 1 aliphatic rings. The fourth-order valence-electron chi connectivity index (χ4n) is 2.78. The minimum absolute atomic E-state index is 0. The first-order valence-electron chi connectivity index (χ1n) is 7.87. The zero-order chi connectivity index (χ0) is 15.6. The van der Waals surface area contributed by atoms with Gasteiger partial charge < -0.3 is 10.6 Å². The van der Waals surface area contributed by atoms with Gasteiger partial charge in [0.2, 0.25) is 5.91 Å². The highest BCUT2D eigenvalue weighted by atomic mass is 35.5. The van der Waals surface area contributed by atoms with Gasteiger partial charge in [-0.2, -0.15) is 0 Å². The Morgan fingerprint density at radius 2 is 1.86 bits per heavy atom. The lowest BCUT2D eigenvalue weighted by Gasteiger charge is -2.28. The summed E-state index contributed by atoms with van der Waals surface area (Å²) in [5.74, 6) is 0.878. The molecule has 1 amide bonds. The maximum absolute atomic E-state index is 12.5. The van der Waals surface area contributed by atoms with Crippen molar-refractivity contribution in [2.75, 3.05) is 13.1 Å². The van der Waals surface area contributed by atoms with Crippen molar-refractivity contribution < 1.29 is 4.79 Å². The van der Waals surface area contributed by atoms with E-state index in [2.05, 4.69) is 39.8 Å². The molecule has 2 rings (SSSR count). The van der Waals surface area contributed by atoms with Crippen LogP contribution in [0.1, 0.15) is 45.6 Å². The van der Waals surface area contributed by atoms with Crippen LogP contribution in [0, 0.1) is 11.3 Å². The zero-order valence-corrected chi connectivity index (χ0v) is 14.9. The molecule has 0 saturated carbocycles. The molecule has 2 N–H and O–H groups in total. The summed E-state index contributed by atoms with van der Waals surface area (Å²) >= 11 is 0. The summed E-state index contributed by atoms with van der Waals surface area (Å²) in [5.41, 5.74) is 7.66. The van der Waals surface area contributed by atoms with Crippen molar-refractivity contribution in [1.29, 1.82) is 0 Å². The second-order valence-electron chi connectivity index (χ2n) is 7.45. The number of carbonyl (C=O) groups is 1. The Morgan fingerprint density at radius 3 is 2.41 bits per heavy atom. The fourth-order valence-corrected chi connectivity index (χ4v) is 2.78. The van der Waals surface area contributed by atoms with E-state index in [0.717, 1.165) is 6.54 Å². The van der Waals surface area contributed by atoms with Crippen molar-refractivity contribution in [3.8, 4) is 0 Å². The molecule has 0 aliphatic carbocycles. The van der Waals surface area contributed by atoms with Gasteiger partial charge in [0.15, 0.2) is 0 Å². The maximum atomic E-state index is 12.5. The number of halogens is 1. The van der Waals surface area contributed by atoms with Gasteiger partial charge in [0.05, 0.1) is 0 Å². The number of benzene rings is 1. The van der Waals surface area contributed by atoms with Crippen molar-refractivity contribution in [3.63, 3.8) is 0 Å². The standard InChI is InChI=1S/C18H28N2O.ClH/c1-13(18(2,3)4)10-17(21)20-11-15(16(19)12-20)14-8-6-5-7-9-14;/h5-9,13,15-16H,10-12,19H2,1-4H3;1H/t13?,15-,16+;/m0./s1. The number of hydrogen-bond acceptors (Lipinski definition) is 2. The number of nitrogens with zero attached hydrogens (tertiary/aromatic N) is 1. The molecule has 0 bridgehead atoms. The molecular weight excluding hydrogens is 296 g/mol. The summed E-state index contributed by atoms with van der Waals surface area (Å²) < 4.78 is 0. The molecule has 0 aromatic heterocycles. The molecule has 3 atom stereocenters. The molecule has 22 heavy (non-hydrogen) atoms. The van der Waals surface area contributed by atoms with E-state index in [1.807, 2.05) is 23.1 Å². The first-order chi connectivity index (χ1) is 9.79.